The highest BCUT2D eigenvalue weighted by Crippen LogP contribution is 2.10. The van der Waals surface area contributed by atoms with Gasteiger partial charge in [-0.3, -0.25) is 9.79 Å². The summed E-state index contributed by atoms with van der Waals surface area (Å²) < 4.78 is 10.3. The minimum absolute atomic E-state index is 0.137. The van der Waals surface area contributed by atoms with Gasteiger partial charge in [0, 0.05) is 38.4 Å². The van der Waals surface area contributed by atoms with Crippen LogP contribution in [0.4, 0.5) is 0 Å². The molecule has 0 aliphatic rings. The van der Waals surface area contributed by atoms with E-state index in [2.05, 4.69) is 15.6 Å². The highest BCUT2D eigenvalue weighted by molar-refractivity contribution is 5.94. The van der Waals surface area contributed by atoms with Gasteiger partial charge < -0.3 is 25.8 Å². The maximum atomic E-state index is 11.9. The number of ether oxygens (including phenoxy) is 2. The normalized spacial score (nSPS) is 11.1. The number of nitrogens with two attached hydrogens (primary N) is 1. The Hall–Kier alpha value is -2.28. The van der Waals surface area contributed by atoms with Crippen molar-refractivity contribution in [3.63, 3.8) is 0 Å². The third kappa shape index (κ3) is 8.06. The molecule has 0 unspecified atom stereocenters. The number of rotatable bonds is 10. The molecule has 0 aromatic heterocycles. The molecule has 0 saturated heterocycles. The molecule has 0 atom stereocenters. The summed E-state index contributed by atoms with van der Waals surface area (Å²) in [5.41, 5.74) is 6.31. The molecule has 4 N–H and O–H groups in total. The smallest absolute Gasteiger partial charge is 0.251 e. The van der Waals surface area contributed by atoms with Crippen LogP contribution in [-0.2, 0) is 4.74 Å². The molecule has 0 fully saturated rings. The van der Waals surface area contributed by atoms with E-state index in [1.165, 1.54) is 0 Å². The van der Waals surface area contributed by atoms with Gasteiger partial charge in [-0.15, -0.1) is 0 Å². The Morgan fingerprint density at radius 3 is 2.57 bits per heavy atom. The van der Waals surface area contributed by atoms with E-state index in [9.17, 15) is 4.79 Å². The first-order valence-corrected chi connectivity index (χ1v) is 7.71. The first-order valence-electron chi connectivity index (χ1n) is 7.71. The number of methoxy groups -OCH3 is 1. The molecule has 0 aliphatic heterocycles. The van der Waals surface area contributed by atoms with Gasteiger partial charge in [0.05, 0.1) is 7.11 Å². The molecular weight excluding hydrogens is 296 g/mol. The summed E-state index contributed by atoms with van der Waals surface area (Å²) in [6.07, 6.45) is 0.838. The molecule has 128 valence electrons. The van der Waals surface area contributed by atoms with E-state index in [4.69, 9.17) is 15.2 Å². The zero-order valence-electron chi connectivity index (χ0n) is 13.8. The van der Waals surface area contributed by atoms with Crippen molar-refractivity contribution in [2.24, 2.45) is 10.7 Å². The Labute approximate surface area is 137 Å². The van der Waals surface area contributed by atoms with Crippen LogP contribution >= 0.6 is 0 Å². The van der Waals surface area contributed by atoms with Crippen molar-refractivity contribution in [1.82, 2.24) is 10.6 Å². The number of hydrogen-bond donors (Lipinski definition) is 3. The van der Waals surface area contributed by atoms with E-state index in [-0.39, 0.29) is 5.91 Å². The molecule has 1 amide bonds. The van der Waals surface area contributed by atoms with Crippen LogP contribution in [0.3, 0.4) is 0 Å². The molecule has 7 heteroatoms. The third-order valence-electron chi connectivity index (χ3n) is 3.00. The Morgan fingerprint density at radius 2 is 1.91 bits per heavy atom. The lowest BCUT2D eigenvalue weighted by atomic mass is 10.2. The molecule has 1 rings (SSSR count). The van der Waals surface area contributed by atoms with E-state index in [0.29, 0.717) is 44.4 Å². The number of guanidine groups is 1. The van der Waals surface area contributed by atoms with Gasteiger partial charge in [-0.25, -0.2) is 0 Å². The van der Waals surface area contributed by atoms with Crippen molar-refractivity contribution in [3.8, 4) is 5.75 Å². The lowest BCUT2D eigenvalue weighted by molar-refractivity contribution is 0.0954. The number of amides is 1. The molecule has 0 saturated carbocycles. The van der Waals surface area contributed by atoms with Gasteiger partial charge in [0.25, 0.3) is 5.91 Å². The van der Waals surface area contributed by atoms with Crippen LogP contribution in [0.25, 0.3) is 0 Å². The summed E-state index contributed by atoms with van der Waals surface area (Å²) in [5.74, 6) is 0.957. The van der Waals surface area contributed by atoms with E-state index in [0.717, 1.165) is 12.2 Å². The summed E-state index contributed by atoms with van der Waals surface area (Å²) in [5, 5.41) is 5.75. The van der Waals surface area contributed by atoms with Crippen molar-refractivity contribution in [3.05, 3.63) is 29.8 Å². The zero-order valence-corrected chi connectivity index (χ0v) is 13.8. The summed E-state index contributed by atoms with van der Waals surface area (Å²) in [6, 6.07) is 6.94. The van der Waals surface area contributed by atoms with Gasteiger partial charge in [0.15, 0.2) is 5.96 Å². The monoisotopic (exact) mass is 322 g/mol. The maximum Gasteiger partial charge on any atom is 0.251 e. The average molecular weight is 322 g/mol. The Kier molecular flexibility index (Phi) is 9.23. The fourth-order valence-electron chi connectivity index (χ4n) is 1.78. The number of carbonyl (C=O) groups is 1. The average Bonchev–Trinajstić information content (AvgIpc) is 2.58. The molecule has 1 aromatic rings. The fraction of sp³-hybridized carbons (Fsp3) is 0.500. The summed E-state index contributed by atoms with van der Waals surface area (Å²) in [7, 11) is 1.59. The molecule has 0 aliphatic carbocycles. The number of benzene rings is 1. The predicted octanol–water partition coefficient (Wildman–Crippen LogP) is 0.756. The first-order chi connectivity index (χ1) is 11.2. The van der Waals surface area contributed by atoms with E-state index in [1.54, 1.807) is 31.4 Å². The summed E-state index contributed by atoms with van der Waals surface area (Å²) >= 11 is 0. The number of hydrogen-bond acceptors (Lipinski definition) is 4. The van der Waals surface area contributed by atoms with Crippen LogP contribution in [0.5, 0.6) is 5.75 Å². The van der Waals surface area contributed by atoms with Crippen molar-refractivity contribution in [2.45, 2.75) is 13.3 Å². The number of carbonyl (C=O) groups excluding carboxylic acids is 1. The van der Waals surface area contributed by atoms with Crippen LogP contribution in [0.15, 0.2) is 29.3 Å². The Morgan fingerprint density at radius 1 is 1.22 bits per heavy atom. The van der Waals surface area contributed by atoms with Crippen LogP contribution in [0.1, 0.15) is 23.7 Å². The second kappa shape index (κ2) is 11.3. The van der Waals surface area contributed by atoms with Crippen LogP contribution < -0.4 is 21.1 Å². The van der Waals surface area contributed by atoms with Crippen LogP contribution in [-0.4, -0.2) is 51.8 Å². The Bertz CT molecular complexity index is 489. The highest BCUT2D eigenvalue weighted by atomic mass is 16.5. The van der Waals surface area contributed by atoms with Gasteiger partial charge in [0.2, 0.25) is 0 Å². The Balaban J connectivity index is 2.17. The zero-order chi connectivity index (χ0) is 16.9. The summed E-state index contributed by atoms with van der Waals surface area (Å²) in [6.45, 7) is 4.95. The SMILES string of the molecule is CCOCCCN=C(N)NCCNC(=O)c1ccc(OC)cc1. The van der Waals surface area contributed by atoms with Crippen molar-refractivity contribution in [2.75, 3.05) is 40.0 Å². The second-order valence-electron chi connectivity index (χ2n) is 4.73. The van der Waals surface area contributed by atoms with Gasteiger partial charge in [-0.05, 0) is 37.6 Å². The van der Waals surface area contributed by atoms with Crippen molar-refractivity contribution >= 4 is 11.9 Å². The quantitative estimate of drug-likeness (QED) is 0.335. The molecule has 0 bridgehead atoms. The lowest BCUT2D eigenvalue weighted by Gasteiger charge is -2.08. The first kappa shape index (κ1) is 18.8. The predicted molar refractivity (Wildman–Crippen MR) is 90.9 cm³/mol. The molecule has 7 nitrogen and oxygen atoms in total. The van der Waals surface area contributed by atoms with E-state index in [1.807, 2.05) is 6.92 Å². The molecule has 0 radical (unpaired) electrons. The molecule has 23 heavy (non-hydrogen) atoms. The number of aliphatic imine (C=N–C) groups is 1. The van der Waals surface area contributed by atoms with E-state index < -0.39 is 0 Å². The third-order valence-corrected chi connectivity index (χ3v) is 3.00. The second-order valence-corrected chi connectivity index (χ2v) is 4.73. The van der Waals surface area contributed by atoms with Gasteiger partial charge in [-0.2, -0.15) is 0 Å². The minimum Gasteiger partial charge on any atom is -0.497 e. The van der Waals surface area contributed by atoms with Gasteiger partial charge in [0.1, 0.15) is 5.75 Å². The lowest BCUT2D eigenvalue weighted by Crippen LogP contribution is -2.38. The standard InChI is InChI=1S/C16H26N4O3/c1-3-23-12-4-9-19-16(17)20-11-10-18-15(21)13-5-7-14(22-2)8-6-13/h5-8H,3-4,9-12H2,1-2H3,(H,18,21)(H3,17,19,20). The molecule has 0 heterocycles. The number of nitrogens with zero attached hydrogens (tertiary/aromatic N) is 1. The summed E-state index contributed by atoms with van der Waals surface area (Å²) in [4.78, 5) is 16.1. The highest BCUT2D eigenvalue weighted by Gasteiger charge is 2.04. The topological polar surface area (TPSA) is 98.0 Å². The van der Waals surface area contributed by atoms with Crippen LogP contribution in [0.2, 0.25) is 0 Å². The minimum atomic E-state index is -0.137. The molecule has 0 spiro atoms. The van der Waals surface area contributed by atoms with Crippen molar-refractivity contribution in [1.29, 1.82) is 0 Å². The molecule has 1 aromatic carbocycles. The van der Waals surface area contributed by atoms with E-state index >= 15 is 0 Å². The van der Waals surface area contributed by atoms with Gasteiger partial charge >= 0.3 is 0 Å². The van der Waals surface area contributed by atoms with Crippen molar-refractivity contribution < 1.29 is 14.3 Å². The largest absolute Gasteiger partial charge is 0.497 e. The fourth-order valence-corrected chi connectivity index (χ4v) is 1.78. The number of nitrogens with one attached hydrogen (secondary N) is 2. The van der Waals surface area contributed by atoms with Crippen LogP contribution in [0, 0.1) is 0 Å². The maximum absolute atomic E-state index is 11.9. The molecular formula is C16H26N4O3. The van der Waals surface area contributed by atoms with Gasteiger partial charge in [-0.1, -0.05) is 0 Å².